The van der Waals surface area contributed by atoms with Crippen LogP contribution in [0.2, 0.25) is 0 Å². The van der Waals surface area contributed by atoms with Crippen LogP contribution >= 0.6 is 0 Å². The second-order valence-corrected chi connectivity index (χ2v) is 12.4. The Bertz CT molecular complexity index is 958. The van der Waals surface area contributed by atoms with E-state index in [1.165, 1.54) is 12.2 Å². The monoisotopic (exact) mass is 648 g/mol. The largest absolute Gasteiger partial charge is 1.00 e. The first-order valence-electron chi connectivity index (χ1n) is 14.6. The SMILES string of the molecule is CCCCCC[C@@H](O)/C=C/[C@@H](CCCCCC[C@H](CCO)C(=O)O)[C@](CCO)(C(=O)O)[C@@](CCO)(C(=O)O)S(=O)(=O)[O-].[Na+]. The predicted octanol–water partition coefficient (Wildman–Crippen LogP) is -0.878. The summed E-state index contributed by atoms with van der Waals surface area (Å²) >= 11 is 0. The molecule has 0 bridgehead atoms. The van der Waals surface area contributed by atoms with Crippen molar-refractivity contribution in [3.63, 3.8) is 0 Å². The molecule has 246 valence electrons. The van der Waals surface area contributed by atoms with E-state index in [-0.39, 0.29) is 55.4 Å². The van der Waals surface area contributed by atoms with Crippen molar-refractivity contribution in [3.8, 4) is 0 Å². The fraction of sp³-hybridized carbons (Fsp3) is 0.821. The van der Waals surface area contributed by atoms with Crippen LogP contribution in [0.5, 0.6) is 0 Å². The fourth-order valence-corrected chi connectivity index (χ4v) is 7.08. The molecule has 0 aliphatic heterocycles. The van der Waals surface area contributed by atoms with Gasteiger partial charge in [-0.1, -0.05) is 70.4 Å². The summed E-state index contributed by atoms with van der Waals surface area (Å²) in [4.78, 5) is 36.7. The van der Waals surface area contributed by atoms with Crippen molar-refractivity contribution in [2.45, 2.75) is 108 Å². The van der Waals surface area contributed by atoms with E-state index in [0.29, 0.717) is 38.5 Å². The summed E-state index contributed by atoms with van der Waals surface area (Å²) in [7, 11) is -5.95. The van der Waals surface area contributed by atoms with Crippen LogP contribution in [0.25, 0.3) is 0 Å². The van der Waals surface area contributed by atoms with E-state index >= 15 is 0 Å². The third-order valence-corrected chi connectivity index (χ3v) is 9.64. The summed E-state index contributed by atoms with van der Waals surface area (Å²) in [5.74, 6) is -7.44. The number of unbranched alkanes of at least 4 members (excludes halogenated alkanes) is 6. The average molecular weight is 649 g/mol. The number of aliphatic hydroxyl groups is 4. The van der Waals surface area contributed by atoms with E-state index in [0.717, 1.165) is 19.3 Å². The molecule has 0 amide bonds. The Morgan fingerprint density at radius 2 is 1.28 bits per heavy atom. The van der Waals surface area contributed by atoms with Gasteiger partial charge in [-0.2, -0.15) is 0 Å². The van der Waals surface area contributed by atoms with Gasteiger partial charge < -0.3 is 40.3 Å². The van der Waals surface area contributed by atoms with Gasteiger partial charge in [0.05, 0.1) is 12.0 Å². The number of aliphatic hydroxyl groups excluding tert-OH is 4. The molecule has 0 heterocycles. The quantitative estimate of drug-likeness (QED) is 0.0261. The van der Waals surface area contributed by atoms with E-state index in [2.05, 4.69) is 0 Å². The van der Waals surface area contributed by atoms with Crippen LogP contribution in [-0.2, 0) is 24.5 Å². The molecule has 7 N–H and O–H groups in total. The minimum Gasteiger partial charge on any atom is -0.747 e. The molecular weight excluding hydrogens is 599 g/mol. The van der Waals surface area contributed by atoms with Crippen molar-refractivity contribution in [2.75, 3.05) is 19.8 Å². The van der Waals surface area contributed by atoms with Crippen molar-refractivity contribution in [1.29, 1.82) is 0 Å². The summed E-state index contributed by atoms with van der Waals surface area (Å²) in [6.45, 7) is -0.380. The molecule has 0 aromatic carbocycles. The molecular formula is C28H49NaO13S. The minimum absolute atomic E-state index is 0. The van der Waals surface area contributed by atoms with Gasteiger partial charge in [0, 0.05) is 26.2 Å². The Morgan fingerprint density at radius 3 is 1.72 bits per heavy atom. The van der Waals surface area contributed by atoms with Crippen molar-refractivity contribution in [3.05, 3.63) is 12.2 Å². The summed E-state index contributed by atoms with van der Waals surface area (Å²) in [5.41, 5.74) is -2.90. The first-order chi connectivity index (χ1) is 19.7. The van der Waals surface area contributed by atoms with Crippen LogP contribution in [-0.4, -0.2) is 97.3 Å². The molecule has 0 fully saturated rings. The Labute approximate surface area is 276 Å². The molecule has 13 nitrogen and oxygen atoms in total. The summed E-state index contributed by atoms with van der Waals surface area (Å²) < 4.78 is 34.3. The number of allylic oxidation sites excluding steroid dienone is 1. The van der Waals surface area contributed by atoms with Crippen molar-refractivity contribution in [1.82, 2.24) is 0 Å². The molecule has 0 aromatic rings. The number of carboxylic acids is 3. The zero-order valence-corrected chi connectivity index (χ0v) is 28.2. The number of hydrogen-bond acceptors (Lipinski definition) is 10. The summed E-state index contributed by atoms with van der Waals surface area (Å²) in [6.07, 6.45) is 4.75. The zero-order valence-electron chi connectivity index (χ0n) is 25.4. The number of carbonyl (C=O) groups is 3. The van der Waals surface area contributed by atoms with E-state index in [4.69, 9.17) is 5.11 Å². The maximum Gasteiger partial charge on any atom is 1.00 e. The average Bonchev–Trinajstić information content (AvgIpc) is 2.90. The molecule has 0 aromatic heterocycles. The van der Waals surface area contributed by atoms with Crippen LogP contribution in [0.1, 0.15) is 96.8 Å². The van der Waals surface area contributed by atoms with E-state index in [1.54, 1.807) is 0 Å². The van der Waals surface area contributed by atoms with Crippen LogP contribution < -0.4 is 29.6 Å². The van der Waals surface area contributed by atoms with Crippen LogP contribution in [0.15, 0.2) is 12.2 Å². The van der Waals surface area contributed by atoms with Gasteiger partial charge in [0.15, 0.2) is 4.75 Å². The van der Waals surface area contributed by atoms with Gasteiger partial charge in [-0.15, -0.1) is 0 Å². The zero-order chi connectivity index (χ0) is 32.4. The minimum atomic E-state index is -5.95. The van der Waals surface area contributed by atoms with Crippen molar-refractivity contribution in [2.24, 2.45) is 17.3 Å². The molecule has 0 aliphatic rings. The molecule has 0 aliphatic carbocycles. The smallest absolute Gasteiger partial charge is 0.747 e. The van der Waals surface area contributed by atoms with Crippen LogP contribution in [0, 0.1) is 17.3 Å². The molecule has 0 saturated heterocycles. The first kappa shape index (κ1) is 44.0. The third-order valence-electron chi connectivity index (χ3n) is 8.04. The van der Waals surface area contributed by atoms with Crippen LogP contribution in [0.3, 0.4) is 0 Å². The first-order valence-corrected chi connectivity index (χ1v) is 16.0. The van der Waals surface area contributed by atoms with Gasteiger partial charge in [-0.3, -0.25) is 14.4 Å². The molecule has 43 heavy (non-hydrogen) atoms. The van der Waals surface area contributed by atoms with E-state index < -0.39 is 82.2 Å². The predicted molar refractivity (Wildman–Crippen MR) is 151 cm³/mol. The molecule has 0 rings (SSSR count). The van der Waals surface area contributed by atoms with Gasteiger partial charge in [0.2, 0.25) is 0 Å². The fourth-order valence-electron chi connectivity index (χ4n) is 5.74. The maximum atomic E-state index is 12.9. The van der Waals surface area contributed by atoms with Gasteiger partial charge in [-0.05, 0) is 38.0 Å². The molecule has 0 saturated carbocycles. The molecule has 0 spiro atoms. The Balaban J connectivity index is 0. The van der Waals surface area contributed by atoms with E-state index in [9.17, 15) is 58.0 Å². The standard InChI is InChI=1S/C28H50O13S.Na/c1-2-3-4-9-12-23(32)14-13-22(11-8-6-5-7-10-21(15-18-29)24(33)34)27(16-19-30,25(35)36)28(17-20-31,26(37)38)42(39,40)41;/h13-14,21-23,29-32H,2-12,15-20H2,1H3,(H,33,34)(H,35,36)(H,37,38)(H,39,40,41);/q;+1/p-1/b14-13+;/t21-,22-,23-,27-,28-;/m1./s1. The number of carboxylic acid groups (broad SMARTS) is 3. The van der Waals surface area contributed by atoms with Crippen LogP contribution in [0.4, 0.5) is 0 Å². The topological polar surface area (TPSA) is 250 Å². The van der Waals surface area contributed by atoms with Gasteiger partial charge in [0.1, 0.15) is 15.5 Å². The third kappa shape index (κ3) is 12.7. The Hall–Kier alpha value is -1.10. The second-order valence-electron chi connectivity index (χ2n) is 10.8. The second kappa shape index (κ2) is 22.4. The van der Waals surface area contributed by atoms with Gasteiger partial charge in [0.25, 0.3) is 0 Å². The normalized spacial score (nSPS) is 16.9. The molecule has 0 unspecified atom stereocenters. The number of aliphatic carboxylic acids is 3. The molecule has 0 radical (unpaired) electrons. The van der Waals surface area contributed by atoms with Crippen molar-refractivity contribution < 1.29 is 92.7 Å². The summed E-state index contributed by atoms with van der Waals surface area (Å²) in [5, 5.41) is 68.8. The Morgan fingerprint density at radius 1 is 0.744 bits per heavy atom. The van der Waals surface area contributed by atoms with Gasteiger partial charge in [-0.25, -0.2) is 8.42 Å². The maximum absolute atomic E-state index is 12.9. The Kier molecular flexibility index (Phi) is 22.9. The summed E-state index contributed by atoms with van der Waals surface area (Å²) in [6, 6.07) is 0. The van der Waals surface area contributed by atoms with Gasteiger partial charge >= 0.3 is 47.5 Å². The molecule has 15 heteroatoms. The van der Waals surface area contributed by atoms with E-state index in [1.807, 2.05) is 6.92 Å². The molecule has 5 atom stereocenters. The number of hydrogen-bond donors (Lipinski definition) is 7. The number of rotatable bonds is 26. The van der Waals surface area contributed by atoms with Crippen molar-refractivity contribution >= 4 is 28.0 Å².